The Morgan fingerprint density at radius 2 is 1.65 bits per heavy atom. The number of anilines is 1. The zero-order chi connectivity index (χ0) is 22.0. The molecule has 0 amide bonds. The average molecular weight is 425 g/mol. The van der Waals surface area contributed by atoms with Gasteiger partial charge < -0.3 is 9.64 Å². The van der Waals surface area contributed by atoms with Gasteiger partial charge in [0.05, 0.1) is 12.6 Å². The first kappa shape index (κ1) is 21.2. The minimum absolute atomic E-state index is 0.242. The van der Waals surface area contributed by atoms with Gasteiger partial charge in [0.1, 0.15) is 17.6 Å². The van der Waals surface area contributed by atoms with E-state index in [1.54, 1.807) is 17.9 Å². The van der Waals surface area contributed by atoms with Gasteiger partial charge in [-0.05, 0) is 61.5 Å². The topological polar surface area (TPSA) is 59.3 Å². The van der Waals surface area contributed by atoms with Crippen molar-refractivity contribution in [1.29, 1.82) is 0 Å². The number of tetrazole rings is 1. The minimum Gasteiger partial charge on any atom is -0.497 e. The fourth-order valence-electron chi connectivity index (χ4n) is 4.07. The van der Waals surface area contributed by atoms with Crippen LogP contribution >= 0.6 is 0 Å². The van der Waals surface area contributed by atoms with Crippen LogP contribution in [0.2, 0.25) is 0 Å². The van der Waals surface area contributed by atoms with E-state index < -0.39 is 0 Å². The first-order valence-electron chi connectivity index (χ1n) is 10.5. The van der Waals surface area contributed by atoms with Crippen LogP contribution in [0.5, 0.6) is 5.75 Å². The molecule has 0 N–H and O–H groups in total. The highest BCUT2D eigenvalue weighted by atomic mass is 19.1. The molecule has 1 fully saturated rings. The third kappa shape index (κ3) is 4.39. The van der Waals surface area contributed by atoms with Crippen molar-refractivity contribution >= 4 is 5.69 Å². The highest BCUT2D eigenvalue weighted by Crippen LogP contribution is 2.32. The van der Waals surface area contributed by atoms with Crippen molar-refractivity contribution in [2.24, 2.45) is 0 Å². The first-order chi connectivity index (χ1) is 14.9. The number of ether oxygens (including phenoxy) is 1. The van der Waals surface area contributed by atoms with E-state index >= 15 is 0 Å². The van der Waals surface area contributed by atoms with Crippen molar-refractivity contribution < 1.29 is 9.13 Å². The van der Waals surface area contributed by atoms with E-state index in [1.807, 2.05) is 45.0 Å². The summed E-state index contributed by atoms with van der Waals surface area (Å²) < 4.78 is 22.0. The van der Waals surface area contributed by atoms with Gasteiger partial charge in [-0.1, -0.05) is 18.2 Å². The van der Waals surface area contributed by atoms with Crippen molar-refractivity contribution in [3.8, 4) is 5.75 Å². The Hall–Kier alpha value is -3.00. The van der Waals surface area contributed by atoms with Crippen LogP contribution < -0.4 is 9.64 Å². The van der Waals surface area contributed by atoms with Crippen LogP contribution in [0.25, 0.3) is 0 Å². The zero-order valence-corrected chi connectivity index (χ0v) is 18.5. The molecule has 0 spiro atoms. The van der Waals surface area contributed by atoms with Gasteiger partial charge >= 0.3 is 0 Å². The Morgan fingerprint density at radius 1 is 0.968 bits per heavy atom. The predicted molar refractivity (Wildman–Crippen MR) is 118 cm³/mol. The molecule has 1 unspecified atom stereocenters. The fraction of sp³-hybridized carbons (Fsp3) is 0.435. The Morgan fingerprint density at radius 3 is 2.26 bits per heavy atom. The third-order valence-corrected chi connectivity index (χ3v) is 5.69. The quantitative estimate of drug-likeness (QED) is 0.625. The molecule has 164 valence electrons. The summed E-state index contributed by atoms with van der Waals surface area (Å²) in [7, 11) is 1.67. The highest BCUT2D eigenvalue weighted by Gasteiger charge is 2.34. The molecule has 8 heteroatoms. The first-order valence-corrected chi connectivity index (χ1v) is 10.5. The standard InChI is InChI=1S/C23H29FN6O/c1-23(2,3)30-22(25-26-27-30)21(19-7-5-6-8-20(19)24)29-15-13-28(14-16-29)17-9-11-18(31-4)12-10-17/h5-12,21H,13-16H2,1-4H3. The lowest BCUT2D eigenvalue weighted by Gasteiger charge is -2.40. The summed E-state index contributed by atoms with van der Waals surface area (Å²) in [5, 5.41) is 12.5. The molecule has 2 aromatic carbocycles. The molecule has 1 aliphatic rings. The highest BCUT2D eigenvalue weighted by molar-refractivity contribution is 5.49. The maximum atomic E-state index is 14.9. The molecule has 4 rings (SSSR count). The number of halogens is 1. The summed E-state index contributed by atoms with van der Waals surface area (Å²) in [6.07, 6.45) is 0. The third-order valence-electron chi connectivity index (χ3n) is 5.69. The molecule has 1 aliphatic heterocycles. The molecule has 0 bridgehead atoms. The molecule has 31 heavy (non-hydrogen) atoms. The number of nitrogens with zero attached hydrogens (tertiary/aromatic N) is 6. The van der Waals surface area contributed by atoms with Crippen LogP contribution in [0.15, 0.2) is 48.5 Å². The second-order valence-corrected chi connectivity index (χ2v) is 8.76. The maximum Gasteiger partial charge on any atom is 0.173 e. The van der Waals surface area contributed by atoms with Gasteiger partial charge in [-0.2, -0.15) is 0 Å². The molecular formula is C23H29FN6O. The van der Waals surface area contributed by atoms with E-state index in [9.17, 15) is 4.39 Å². The lowest BCUT2D eigenvalue weighted by molar-refractivity contribution is 0.188. The van der Waals surface area contributed by atoms with E-state index in [1.165, 1.54) is 6.07 Å². The fourth-order valence-corrected chi connectivity index (χ4v) is 4.07. The molecule has 0 aliphatic carbocycles. The second-order valence-electron chi connectivity index (χ2n) is 8.76. The van der Waals surface area contributed by atoms with Crippen LogP contribution in [0, 0.1) is 5.82 Å². The normalized spacial score (nSPS) is 16.4. The SMILES string of the molecule is COc1ccc(N2CCN(C(c3ccccc3F)c3nnnn3C(C)(C)C)CC2)cc1. The van der Waals surface area contributed by atoms with Crippen molar-refractivity contribution in [2.45, 2.75) is 32.4 Å². The summed E-state index contributed by atoms with van der Waals surface area (Å²) in [6, 6.07) is 14.6. The Labute approximate surface area is 182 Å². The molecule has 3 aromatic rings. The number of methoxy groups -OCH3 is 1. The summed E-state index contributed by atoms with van der Waals surface area (Å²) in [4.78, 5) is 4.60. The zero-order valence-electron chi connectivity index (χ0n) is 18.5. The van der Waals surface area contributed by atoms with Crippen molar-refractivity contribution in [3.63, 3.8) is 0 Å². The van der Waals surface area contributed by atoms with Crippen LogP contribution in [0.3, 0.4) is 0 Å². The Bertz CT molecular complexity index is 1010. The van der Waals surface area contributed by atoms with Gasteiger partial charge in [-0.3, -0.25) is 4.90 Å². The van der Waals surface area contributed by atoms with Gasteiger partial charge in [-0.15, -0.1) is 5.10 Å². The largest absolute Gasteiger partial charge is 0.497 e. The number of rotatable bonds is 5. The molecule has 1 atom stereocenters. The Kier molecular flexibility index (Phi) is 5.91. The maximum absolute atomic E-state index is 14.9. The number of hydrogen-bond donors (Lipinski definition) is 0. The summed E-state index contributed by atoms with van der Waals surface area (Å²) in [6.45, 7) is 9.33. The molecule has 1 saturated heterocycles. The number of aromatic nitrogens is 4. The second kappa shape index (κ2) is 8.63. The molecule has 1 aromatic heterocycles. The molecule has 2 heterocycles. The smallest absolute Gasteiger partial charge is 0.173 e. The summed E-state index contributed by atoms with van der Waals surface area (Å²) >= 11 is 0. The van der Waals surface area contributed by atoms with Crippen LogP contribution in [0.4, 0.5) is 10.1 Å². The van der Waals surface area contributed by atoms with E-state index in [-0.39, 0.29) is 17.4 Å². The number of benzene rings is 2. The molecule has 0 saturated carbocycles. The van der Waals surface area contributed by atoms with Crippen molar-refractivity contribution in [1.82, 2.24) is 25.1 Å². The Balaban J connectivity index is 1.62. The number of hydrogen-bond acceptors (Lipinski definition) is 6. The van der Waals surface area contributed by atoms with E-state index in [0.29, 0.717) is 11.4 Å². The van der Waals surface area contributed by atoms with Gasteiger partial charge in [0, 0.05) is 37.4 Å². The predicted octanol–water partition coefficient (Wildman–Crippen LogP) is 3.49. The van der Waals surface area contributed by atoms with Crippen LogP contribution in [-0.2, 0) is 5.54 Å². The lowest BCUT2D eigenvalue weighted by Crippen LogP contribution is -2.49. The van der Waals surface area contributed by atoms with E-state index in [0.717, 1.165) is 37.6 Å². The van der Waals surface area contributed by atoms with Crippen molar-refractivity contribution in [2.75, 3.05) is 38.2 Å². The lowest BCUT2D eigenvalue weighted by atomic mass is 10.0. The number of piperazine rings is 1. The van der Waals surface area contributed by atoms with E-state index in [4.69, 9.17) is 4.74 Å². The average Bonchev–Trinajstić information content (AvgIpc) is 3.26. The molecule has 7 nitrogen and oxygen atoms in total. The minimum atomic E-state index is -0.353. The van der Waals surface area contributed by atoms with Gasteiger partial charge in [-0.25, -0.2) is 9.07 Å². The van der Waals surface area contributed by atoms with Crippen LogP contribution in [-0.4, -0.2) is 58.4 Å². The van der Waals surface area contributed by atoms with Crippen LogP contribution in [0.1, 0.15) is 38.2 Å². The van der Waals surface area contributed by atoms with Crippen molar-refractivity contribution in [3.05, 3.63) is 65.7 Å². The monoisotopic (exact) mass is 424 g/mol. The van der Waals surface area contributed by atoms with Gasteiger partial charge in [0.25, 0.3) is 0 Å². The van der Waals surface area contributed by atoms with Gasteiger partial charge in [0.2, 0.25) is 0 Å². The summed E-state index contributed by atoms with van der Waals surface area (Å²) in [5.74, 6) is 1.26. The summed E-state index contributed by atoms with van der Waals surface area (Å²) in [5.41, 5.74) is 1.44. The van der Waals surface area contributed by atoms with Gasteiger partial charge in [0.15, 0.2) is 5.82 Å². The molecule has 0 radical (unpaired) electrons. The van der Waals surface area contributed by atoms with E-state index in [2.05, 4.69) is 37.5 Å². The molecular weight excluding hydrogens is 395 g/mol.